The van der Waals surface area contributed by atoms with Gasteiger partial charge in [-0.05, 0) is 81.7 Å². The molecular formula is C32H30N4O2. The number of fused-ring (bicyclic) bond motifs is 1. The van der Waals surface area contributed by atoms with Gasteiger partial charge in [0.25, 0.3) is 0 Å². The van der Waals surface area contributed by atoms with Crippen LogP contribution < -0.4 is 0 Å². The highest BCUT2D eigenvalue weighted by atomic mass is 16.5. The zero-order valence-electron chi connectivity index (χ0n) is 21.9. The molecule has 6 nitrogen and oxygen atoms in total. The van der Waals surface area contributed by atoms with Crippen molar-refractivity contribution >= 4 is 16.8 Å². The van der Waals surface area contributed by atoms with E-state index in [4.69, 9.17) is 14.5 Å². The first kappa shape index (κ1) is 23.1. The van der Waals surface area contributed by atoms with Crippen LogP contribution in [0.5, 0.6) is 0 Å². The van der Waals surface area contributed by atoms with Gasteiger partial charge in [0.05, 0.1) is 33.9 Å². The van der Waals surface area contributed by atoms with E-state index < -0.39 is 0 Å². The molecule has 0 aliphatic heterocycles. The van der Waals surface area contributed by atoms with E-state index in [9.17, 15) is 4.79 Å². The van der Waals surface area contributed by atoms with Crippen LogP contribution in [0.1, 0.15) is 61.4 Å². The van der Waals surface area contributed by atoms with Crippen molar-refractivity contribution < 1.29 is 9.32 Å². The molecule has 0 saturated heterocycles. The van der Waals surface area contributed by atoms with Crippen LogP contribution in [0, 0.1) is 19.8 Å². The summed E-state index contributed by atoms with van der Waals surface area (Å²) >= 11 is 0. The number of carbonyl (C=O) groups is 1. The normalized spacial score (nSPS) is 17.0. The van der Waals surface area contributed by atoms with Gasteiger partial charge in [0.2, 0.25) is 0 Å². The average molecular weight is 503 g/mol. The maximum absolute atomic E-state index is 12.3. The molecule has 5 aromatic rings. The molecule has 190 valence electrons. The third kappa shape index (κ3) is 3.62. The van der Waals surface area contributed by atoms with Gasteiger partial charge in [0.1, 0.15) is 11.5 Å². The average Bonchev–Trinajstić information content (AvgIpc) is 3.86. The van der Waals surface area contributed by atoms with Crippen LogP contribution in [0.25, 0.3) is 33.3 Å². The fourth-order valence-electron chi connectivity index (χ4n) is 6.11. The van der Waals surface area contributed by atoms with Crippen LogP contribution in [0.15, 0.2) is 71.6 Å². The number of hydrogen-bond acceptors (Lipinski definition) is 5. The molecule has 0 radical (unpaired) electrons. The molecule has 1 aromatic carbocycles. The molecule has 6 heteroatoms. The molecule has 1 atom stereocenters. The second-order valence-corrected chi connectivity index (χ2v) is 11.0. The molecule has 2 aliphatic rings. The molecule has 2 fully saturated rings. The lowest BCUT2D eigenvalue weighted by atomic mass is 9.91. The van der Waals surface area contributed by atoms with Gasteiger partial charge in [0, 0.05) is 35.3 Å². The second-order valence-electron chi connectivity index (χ2n) is 11.0. The molecule has 0 N–H and O–H groups in total. The summed E-state index contributed by atoms with van der Waals surface area (Å²) in [6.07, 6.45) is 10.3. The van der Waals surface area contributed by atoms with Crippen molar-refractivity contribution in [3.8, 4) is 22.3 Å². The van der Waals surface area contributed by atoms with E-state index in [2.05, 4.69) is 58.4 Å². The lowest BCUT2D eigenvalue weighted by Gasteiger charge is -2.19. The quantitative estimate of drug-likeness (QED) is 0.240. The van der Waals surface area contributed by atoms with Crippen LogP contribution in [0.2, 0.25) is 0 Å². The van der Waals surface area contributed by atoms with Crippen molar-refractivity contribution in [2.24, 2.45) is 5.92 Å². The van der Waals surface area contributed by atoms with Crippen LogP contribution in [0.3, 0.4) is 0 Å². The molecule has 4 aromatic heterocycles. The molecule has 7 rings (SSSR count). The number of pyridine rings is 2. The third-order valence-corrected chi connectivity index (χ3v) is 8.52. The van der Waals surface area contributed by atoms with Crippen molar-refractivity contribution in [1.82, 2.24) is 19.7 Å². The van der Waals surface area contributed by atoms with Crippen LogP contribution >= 0.6 is 0 Å². The standard InChI is InChI=1S/C32H30N4O2/c1-19-29(20(2)38-35-19)24-16-28-30(34-17-24)26(22-9-11-25(12-10-22)32(13-14-32)21(3)37)18-36(28)31(23-7-8-23)27-6-4-5-15-33-27/h4-6,9-12,15-18,23,31H,7-8,13-14H2,1-3H3/t31-/m0/s1. The monoisotopic (exact) mass is 502 g/mol. The lowest BCUT2D eigenvalue weighted by Crippen LogP contribution is -2.16. The first-order valence-electron chi connectivity index (χ1n) is 13.4. The SMILES string of the molecule is CC(=O)C1(c2ccc(-c3cn([C@H](c4ccccn4)C4CC4)c4cc(-c5c(C)noc5C)cnc34)cc2)CC1. The Bertz CT molecular complexity index is 1650. The zero-order chi connectivity index (χ0) is 26.0. The minimum Gasteiger partial charge on any atom is -0.361 e. The fourth-order valence-corrected chi connectivity index (χ4v) is 6.11. The van der Waals surface area contributed by atoms with E-state index in [0.717, 1.165) is 68.8 Å². The molecule has 38 heavy (non-hydrogen) atoms. The minimum absolute atomic E-state index is 0.140. The highest BCUT2D eigenvalue weighted by molar-refractivity contribution is 5.96. The summed E-state index contributed by atoms with van der Waals surface area (Å²) < 4.78 is 7.85. The lowest BCUT2D eigenvalue weighted by molar-refractivity contribution is -0.119. The van der Waals surface area contributed by atoms with E-state index in [-0.39, 0.29) is 17.2 Å². The molecule has 0 unspecified atom stereocenters. The smallest absolute Gasteiger partial charge is 0.141 e. The van der Waals surface area contributed by atoms with E-state index in [1.165, 1.54) is 12.8 Å². The van der Waals surface area contributed by atoms with E-state index in [1.54, 1.807) is 6.92 Å². The maximum atomic E-state index is 12.3. The van der Waals surface area contributed by atoms with Crippen LogP contribution in [-0.4, -0.2) is 25.5 Å². The maximum Gasteiger partial charge on any atom is 0.141 e. The zero-order valence-corrected chi connectivity index (χ0v) is 21.9. The van der Waals surface area contributed by atoms with Gasteiger partial charge in [0.15, 0.2) is 0 Å². The Hall–Kier alpha value is -4.06. The summed E-state index contributed by atoms with van der Waals surface area (Å²) in [6, 6.07) is 17.1. The Balaban J connectivity index is 1.41. The number of aromatic nitrogens is 4. The van der Waals surface area contributed by atoms with Gasteiger partial charge in [-0.2, -0.15) is 0 Å². The predicted molar refractivity (Wildman–Crippen MR) is 147 cm³/mol. The Morgan fingerprint density at radius 2 is 1.84 bits per heavy atom. The molecule has 0 spiro atoms. The van der Waals surface area contributed by atoms with Crippen LogP contribution in [-0.2, 0) is 10.2 Å². The van der Waals surface area contributed by atoms with Crippen molar-refractivity contribution in [3.05, 3.63) is 89.8 Å². The largest absolute Gasteiger partial charge is 0.361 e. The van der Waals surface area contributed by atoms with Crippen LogP contribution in [0.4, 0.5) is 0 Å². The summed E-state index contributed by atoms with van der Waals surface area (Å²) in [5.74, 6) is 1.60. The molecule has 2 saturated carbocycles. The van der Waals surface area contributed by atoms with Crippen molar-refractivity contribution in [2.45, 2.75) is 57.9 Å². The Morgan fingerprint density at radius 1 is 1.05 bits per heavy atom. The van der Waals surface area contributed by atoms with Gasteiger partial charge in [-0.3, -0.25) is 14.8 Å². The van der Waals surface area contributed by atoms with E-state index in [0.29, 0.717) is 5.92 Å². The Labute approximate surface area is 221 Å². The van der Waals surface area contributed by atoms with Crippen molar-refractivity contribution in [3.63, 3.8) is 0 Å². The van der Waals surface area contributed by atoms with Crippen molar-refractivity contribution in [2.75, 3.05) is 0 Å². The van der Waals surface area contributed by atoms with Gasteiger partial charge >= 0.3 is 0 Å². The van der Waals surface area contributed by atoms with Crippen molar-refractivity contribution in [1.29, 1.82) is 0 Å². The molecule has 4 heterocycles. The molecule has 2 aliphatic carbocycles. The molecule has 0 amide bonds. The molecule has 0 bridgehead atoms. The topological polar surface area (TPSA) is 73.8 Å². The molecular weight excluding hydrogens is 472 g/mol. The number of nitrogens with zero attached hydrogens (tertiary/aromatic N) is 4. The number of ketones is 1. The summed E-state index contributed by atoms with van der Waals surface area (Å²) in [5, 5.41) is 4.17. The predicted octanol–water partition coefficient (Wildman–Crippen LogP) is 6.99. The Morgan fingerprint density at radius 3 is 2.45 bits per heavy atom. The number of aryl methyl sites for hydroxylation is 2. The third-order valence-electron chi connectivity index (χ3n) is 8.52. The first-order valence-corrected chi connectivity index (χ1v) is 13.4. The summed E-state index contributed by atoms with van der Waals surface area (Å²) in [5.41, 5.74) is 9.01. The van der Waals surface area contributed by atoms with Gasteiger partial charge in [-0.15, -0.1) is 0 Å². The number of rotatable bonds is 7. The fraction of sp³-hybridized carbons (Fsp3) is 0.312. The highest BCUT2D eigenvalue weighted by Gasteiger charge is 2.48. The first-order chi connectivity index (χ1) is 18.5. The van der Waals surface area contributed by atoms with E-state index >= 15 is 0 Å². The van der Waals surface area contributed by atoms with Gasteiger partial charge in [-0.25, -0.2) is 0 Å². The van der Waals surface area contributed by atoms with Gasteiger partial charge in [-0.1, -0.05) is 35.5 Å². The summed E-state index contributed by atoms with van der Waals surface area (Å²) in [4.78, 5) is 22.1. The van der Waals surface area contributed by atoms with Gasteiger partial charge < -0.3 is 9.09 Å². The summed E-state index contributed by atoms with van der Waals surface area (Å²) in [7, 11) is 0. The number of hydrogen-bond donors (Lipinski definition) is 0. The summed E-state index contributed by atoms with van der Waals surface area (Å²) in [6.45, 7) is 5.63. The van der Waals surface area contributed by atoms with E-state index in [1.807, 2.05) is 32.3 Å². The Kier molecular flexibility index (Phi) is 5.15. The second kappa shape index (κ2) is 8.48. The highest BCUT2D eigenvalue weighted by Crippen LogP contribution is 2.50. The number of carbonyl (C=O) groups excluding carboxylic acids is 1. The minimum atomic E-state index is -0.274. The number of Topliss-reactive ketones (excluding diaryl/α,β-unsaturated/α-hetero) is 1. The number of benzene rings is 1.